The third-order valence-electron chi connectivity index (χ3n) is 2.06. The molecule has 0 fully saturated rings. The van der Waals surface area contributed by atoms with E-state index in [1.54, 1.807) is 12.1 Å². The number of rotatable bonds is 6. The molecule has 0 aliphatic heterocycles. The van der Waals surface area contributed by atoms with Gasteiger partial charge in [0.25, 0.3) is 0 Å². The topological polar surface area (TPSA) is 64.3 Å². The Morgan fingerprint density at radius 3 is 2.81 bits per heavy atom. The number of hydrogen-bond acceptors (Lipinski definition) is 3. The zero-order chi connectivity index (χ0) is 11.8. The van der Waals surface area contributed by atoms with Gasteiger partial charge in [-0.3, -0.25) is 4.79 Å². The highest BCUT2D eigenvalue weighted by Gasteiger charge is 2.03. The lowest BCUT2D eigenvalue weighted by Crippen LogP contribution is -2.15. The first-order chi connectivity index (χ1) is 7.74. The van der Waals surface area contributed by atoms with Crippen LogP contribution in [0.2, 0.25) is 0 Å². The monoisotopic (exact) mass is 222 g/mol. The first kappa shape index (κ1) is 12.5. The summed E-state index contributed by atoms with van der Waals surface area (Å²) in [6.07, 6.45) is 1.32. The van der Waals surface area contributed by atoms with Gasteiger partial charge in [0.05, 0.1) is 24.4 Å². The Morgan fingerprint density at radius 1 is 1.38 bits per heavy atom. The number of nitrogens with two attached hydrogens (primary N) is 1. The molecule has 0 spiro atoms. The minimum atomic E-state index is -0.0750. The van der Waals surface area contributed by atoms with Crippen LogP contribution < -0.4 is 11.1 Å². The Bertz CT molecular complexity index is 340. The number of ether oxygens (including phenoxy) is 1. The van der Waals surface area contributed by atoms with Crippen LogP contribution in [0.25, 0.3) is 0 Å². The van der Waals surface area contributed by atoms with Crippen molar-refractivity contribution in [3.05, 3.63) is 24.3 Å². The lowest BCUT2D eigenvalue weighted by molar-refractivity contribution is -0.117. The number of para-hydroxylation sites is 2. The van der Waals surface area contributed by atoms with Crippen LogP contribution in [0.15, 0.2) is 24.3 Å². The minimum Gasteiger partial charge on any atom is -0.397 e. The summed E-state index contributed by atoms with van der Waals surface area (Å²) in [5.41, 5.74) is 6.93. The van der Waals surface area contributed by atoms with Crippen LogP contribution in [0.5, 0.6) is 0 Å². The summed E-state index contributed by atoms with van der Waals surface area (Å²) >= 11 is 0. The van der Waals surface area contributed by atoms with Gasteiger partial charge in [-0.05, 0) is 18.6 Å². The van der Waals surface area contributed by atoms with Crippen molar-refractivity contribution < 1.29 is 9.53 Å². The molecular weight excluding hydrogens is 204 g/mol. The summed E-state index contributed by atoms with van der Waals surface area (Å²) in [6, 6.07) is 7.19. The Morgan fingerprint density at radius 2 is 2.12 bits per heavy atom. The van der Waals surface area contributed by atoms with E-state index in [1.807, 2.05) is 19.1 Å². The van der Waals surface area contributed by atoms with Crippen LogP contribution in [-0.4, -0.2) is 19.1 Å². The summed E-state index contributed by atoms with van der Waals surface area (Å²) in [7, 11) is 0. The quantitative estimate of drug-likeness (QED) is 0.571. The van der Waals surface area contributed by atoms with Crippen molar-refractivity contribution in [3.8, 4) is 0 Å². The van der Waals surface area contributed by atoms with Gasteiger partial charge in [0.1, 0.15) is 0 Å². The van der Waals surface area contributed by atoms with E-state index in [2.05, 4.69) is 5.32 Å². The van der Waals surface area contributed by atoms with Crippen LogP contribution in [-0.2, 0) is 9.53 Å². The van der Waals surface area contributed by atoms with Crippen LogP contribution in [0.1, 0.15) is 19.8 Å². The molecule has 0 unspecified atom stereocenters. The Kier molecular flexibility index (Phi) is 5.36. The number of amides is 1. The number of anilines is 2. The predicted molar refractivity (Wildman–Crippen MR) is 65.2 cm³/mol. The first-order valence-electron chi connectivity index (χ1n) is 5.46. The molecular formula is C12H18N2O2. The number of hydrogen-bond donors (Lipinski definition) is 2. The molecule has 0 bridgehead atoms. The molecule has 1 rings (SSSR count). The summed E-state index contributed by atoms with van der Waals surface area (Å²) in [5, 5.41) is 2.74. The lowest BCUT2D eigenvalue weighted by atomic mass is 10.2. The number of nitrogens with one attached hydrogen (secondary N) is 1. The molecule has 4 heteroatoms. The molecule has 0 saturated heterocycles. The van der Waals surface area contributed by atoms with Crippen molar-refractivity contribution in [2.24, 2.45) is 0 Å². The molecule has 0 heterocycles. The van der Waals surface area contributed by atoms with Crippen molar-refractivity contribution in [3.63, 3.8) is 0 Å². The molecule has 1 aromatic carbocycles. The average molecular weight is 222 g/mol. The fourth-order valence-electron chi connectivity index (χ4n) is 1.23. The Balaban J connectivity index is 2.32. The van der Waals surface area contributed by atoms with Gasteiger partial charge in [-0.25, -0.2) is 0 Å². The summed E-state index contributed by atoms with van der Waals surface area (Å²) in [5.74, 6) is -0.0750. The van der Waals surface area contributed by atoms with E-state index in [9.17, 15) is 4.79 Å². The maximum atomic E-state index is 11.5. The maximum Gasteiger partial charge on any atom is 0.226 e. The first-order valence-corrected chi connectivity index (χ1v) is 5.46. The van der Waals surface area contributed by atoms with Crippen LogP contribution in [0.4, 0.5) is 11.4 Å². The normalized spacial score (nSPS) is 10.1. The van der Waals surface area contributed by atoms with Crippen LogP contribution in [0, 0.1) is 0 Å². The largest absolute Gasteiger partial charge is 0.397 e. The second-order valence-electron chi connectivity index (χ2n) is 3.50. The highest BCUT2D eigenvalue weighted by Crippen LogP contribution is 2.16. The predicted octanol–water partition coefficient (Wildman–Crippen LogP) is 2.02. The van der Waals surface area contributed by atoms with E-state index >= 15 is 0 Å². The van der Waals surface area contributed by atoms with Crippen LogP contribution in [0.3, 0.4) is 0 Å². The summed E-state index contributed by atoms with van der Waals surface area (Å²) < 4.78 is 5.23. The van der Waals surface area contributed by atoms with E-state index in [0.29, 0.717) is 31.0 Å². The van der Waals surface area contributed by atoms with E-state index < -0.39 is 0 Å². The molecule has 0 atom stereocenters. The molecule has 1 amide bonds. The van der Waals surface area contributed by atoms with E-state index in [0.717, 1.165) is 6.42 Å². The second kappa shape index (κ2) is 6.85. The standard InChI is InChI=1S/C12H18N2O2/c1-2-8-16-9-7-12(15)14-11-6-4-3-5-10(11)13/h3-6H,2,7-9,13H2,1H3,(H,14,15). The third-order valence-corrected chi connectivity index (χ3v) is 2.06. The van der Waals surface area contributed by atoms with Crippen molar-refractivity contribution in [2.75, 3.05) is 24.3 Å². The van der Waals surface area contributed by atoms with Gasteiger partial charge >= 0.3 is 0 Å². The van der Waals surface area contributed by atoms with Gasteiger partial charge in [0.15, 0.2) is 0 Å². The van der Waals surface area contributed by atoms with Gasteiger partial charge in [-0.1, -0.05) is 19.1 Å². The molecule has 0 aliphatic carbocycles. The smallest absolute Gasteiger partial charge is 0.226 e. The summed E-state index contributed by atoms with van der Waals surface area (Å²) in [4.78, 5) is 11.5. The molecule has 16 heavy (non-hydrogen) atoms. The van der Waals surface area contributed by atoms with Gasteiger partial charge in [-0.15, -0.1) is 0 Å². The van der Waals surface area contributed by atoms with Gasteiger partial charge in [-0.2, -0.15) is 0 Å². The third kappa shape index (κ3) is 4.31. The van der Waals surface area contributed by atoms with E-state index in [-0.39, 0.29) is 5.91 Å². The highest BCUT2D eigenvalue weighted by atomic mass is 16.5. The number of benzene rings is 1. The number of nitrogen functional groups attached to an aromatic ring is 1. The second-order valence-corrected chi connectivity index (χ2v) is 3.50. The lowest BCUT2D eigenvalue weighted by Gasteiger charge is -2.07. The molecule has 0 radical (unpaired) electrons. The van der Waals surface area contributed by atoms with Crippen LogP contribution >= 0.6 is 0 Å². The molecule has 0 aliphatic rings. The highest BCUT2D eigenvalue weighted by molar-refractivity contribution is 5.93. The van der Waals surface area contributed by atoms with Gasteiger partial charge in [0.2, 0.25) is 5.91 Å². The molecule has 3 N–H and O–H groups in total. The van der Waals surface area contributed by atoms with E-state index in [1.165, 1.54) is 0 Å². The number of carbonyl (C=O) groups excluding carboxylic acids is 1. The maximum absolute atomic E-state index is 11.5. The van der Waals surface area contributed by atoms with Crippen molar-refractivity contribution in [1.29, 1.82) is 0 Å². The summed E-state index contributed by atoms with van der Waals surface area (Å²) in [6.45, 7) is 3.18. The Hall–Kier alpha value is -1.55. The molecule has 1 aromatic rings. The van der Waals surface area contributed by atoms with E-state index in [4.69, 9.17) is 10.5 Å². The molecule has 0 saturated carbocycles. The fraction of sp³-hybridized carbons (Fsp3) is 0.417. The molecule has 0 aromatic heterocycles. The van der Waals surface area contributed by atoms with Crippen molar-refractivity contribution in [2.45, 2.75) is 19.8 Å². The zero-order valence-electron chi connectivity index (χ0n) is 9.53. The Labute approximate surface area is 95.8 Å². The van der Waals surface area contributed by atoms with Crippen molar-refractivity contribution >= 4 is 17.3 Å². The molecule has 88 valence electrons. The number of carbonyl (C=O) groups is 1. The van der Waals surface area contributed by atoms with Gasteiger partial charge < -0.3 is 15.8 Å². The fourth-order valence-corrected chi connectivity index (χ4v) is 1.23. The average Bonchev–Trinajstić information content (AvgIpc) is 2.28. The van der Waals surface area contributed by atoms with Gasteiger partial charge in [0, 0.05) is 6.61 Å². The minimum absolute atomic E-state index is 0.0750. The molecule has 4 nitrogen and oxygen atoms in total. The van der Waals surface area contributed by atoms with Crippen molar-refractivity contribution in [1.82, 2.24) is 0 Å². The zero-order valence-corrected chi connectivity index (χ0v) is 9.53. The SMILES string of the molecule is CCCOCCC(=O)Nc1ccccc1N.